The van der Waals surface area contributed by atoms with E-state index in [9.17, 15) is 8.42 Å². The minimum atomic E-state index is -3.57. The summed E-state index contributed by atoms with van der Waals surface area (Å²) in [6, 6.07) is 3.09. The van der Waals surface area contributed by atoms with E-state index in [0.717, 1.165) is 5.56 Å². The minimum absolute atomic E-state index is 0.00596. The molecule has 6 nitrogen and oxygen atoms in total. The highest BCUT2D eigenvalue weighted by Crippen LogP contribution is 2.05. The largest absolute Gasteiger partial charge is 0.380 e. The number of rotatable bonds is 8. The van der Waals surface area contributed by atoms with Crippen LogP contribution in [0.2, 0.25) is 0 Å². The van der Waals surface area contributed by atoms with Crippen molar-refractivity contribution in [2.75, 3.05) is 19.8 Å². The summed E-state index contributed by atoms with van der Waals surface area (Å²) in [6.45, 7) is 5.60. The summed E-state index contributed by atoms with van der Waals surface area (Å²) >= 11 is 0. The number of ether oxygens (including phenoxy) is 1. The van der Waals surface area contributed by atoms with Crippen LogP contribution in [-0.4, -0.2) is 33.2 Å². The SMILES string of the molecule is CC(C)COCCNS(=O)(=O)c1ccc(CN)cn1. The van der Waals surface area contributed by atoms with E-state index in [-0.39, 0.29) is 11.6 Å². The standard InChI is InChI=1S/C12H21N3O3S/c1-10(2)9-18-6-5-15-19(16,17)12-4-3-11(7-13)8-14-12/h3-4,8,10,15H,5-7,9,13H2,1-2H3. The van der Waals surface area contributed by atoms with Crippen molar-refractivity contribution in [1.82, 2.24) is 9.71 Å². The van der Waals surface area contributed by atoms with Crippen LogP contribution in [-0.2, 0) is 21.3 Å². The van der Waals surface area contributed by atoms with Crippen LogP contribution >= 0.6 is 0 Å². The lowest BCUT2D eigenvalue weighted by atomic mass is 10.2. The third-order valence-corrected chi connectivity index (χ3v) is 3.67. The summed E-state index contributed by atoms with van der Waals surface area (Å²) < 4.78 is 31.5. The third-order valence-electron chi connectivity index (χ3n) is 2.30. The number of pyridine rings is 1. The van der Waals surface area contributed by atoms with Crippen LogP contribution in [0.5, 0.6) is 0 Å². The van der Waals surface area contributed by atoms with Gasteiger partial charge in [0, 0.05) is 25.9 Å². The van der Waals surface area contributed by atoms with E-state index in [4.69, 9.17) is 10.5 Å². The number of nitrogens with one attached hydrogen (secondary N) is 1. The Balaban J connectivity index is 2.46. The lowest BCUT2D eigenvalue weighted by Gasteiger charge is -2.08. The van der Waals surface area contributed by atoms with Crippen molar-refractivity contribution in [3.63, 3.8) is 0 Å². The van der Waals surface area contributed by atoms with Crippen LogP contribution < -0.4 is 10.5 Å². The highest BCUT2D eigenvalue weighted by Gasteiger charge is 2.14. The number of hydrogen-bond donors (Lipinski definition) is 2. The second-order valence-corrected chi connectivity index (χ2v) is 6.29. The van der Waals surface area contributed by atoms with E-state index < -0.39 is 10.0 Å². The molecule has 0 bridgehead atoms. The molecule has 0 saturated heterocycles. The molecule has 0 unspecified atom stereocenters. The summed E-state index contributed by atoms with van der Waals surface area (Å²) in [7, 11) is -3.57. The summed E-state index contributed by atoms with van der Waals surface area (Å²) in [5, 5.41) is -0.00596. The summed E-state index contributed by atoms with van der Waals surface area (Å²) in [4.78, 5) is 3.88. The van der Waals surface area contributed by atoms with Gasteiger partial charge >= 0.3 is 0 Å². The molecule has 1 rings (SSSR count). The van der Waals surface area contributed by atoms with Crippen LogP contribution in [0, 0.1) is 5.92 Å². The first-order valence-electron chi connectivity index (χ1n) is 6.18. The number of aromatic nitrogens is 1. The Bertz CT molecular complexity index is 471. The van der Waals surface area contributed by atoms with E-state index >= 15 is 0 Å². The lowest BCUT2D eigenvalue weighted by molar-refractivity contribution is 0.114. The van der Waals surface area contributed by atoms with Gasteiger partial charge in [0.15, 0.2) is 5.03 Å². The minimum Gasteiger partial charge on any atom is -0.380 e. The molecule has 0 fully saturated rings. The molecule has 1 aromatic heterocycles. The van der Waals surface area contributed by atoms with Gasteiger partial charge in [0.1, 0.15) is 0 Å². The molecule has 0 aromatic carbocycles. The molecule has 1 aromatic rings. The molecular formula is C12H21N3O3S. The van der Waals surface area contributed by atoms with Gasteiger partial charge in [-0.3, -0.25) is 0 Å². The summed E-state index contributed by atoms with van der Waals surface area (Å²) in [5.41, 5.74) is 6.22. The van der Waals surface area contributed by atoms with Crippen LogP contribution in [0.4, 0.5) is 0 Å². The van der Waals surface area contributed by atoms with Crippen molar-refractivity contribution >= 4 is 10.0 Å². The van der Waals surface area contributed by atoms with E-state index in [1.807, 2.05) is 13.8 Å². The molecule has 0 spiro atoms. The van der Waals surface area contributed by atoms with Crippen LogP contribution in [0.25, 0.3) is 0 Å². The van der Waals surface area contributed by atoms with Gasteiger partial charge in [-0.05, 0) is 17.5 Å². The molecule has 0 aliphatic rings. The van der Waals surface area contributed by atoms with E-state index in [0.29, 0.717) is 25.7 Å². The van der Waals surface area contributed by atoms with Gasteiger partial charge in [-0.15, -0.1) is 0 Å². The average Bonchev–Trinajstić information content (AvgIpc) is 2.38. The van der Waals surface area contributed by atoms with Crippen molar-refractivity contribution < 1.29 is 13.2 Å². The summed E-state index contributed by atoms with van der Waals surface area (Å²) in [5.74, 6) is 0.432. The number of hydrogen-bond acceptors (Lipinski definition) is 5. The Kier molecular flexibility index (Phi) is 6.36. The zero-order chi connectivity index (χ0) is 14.3. The fourth-order valence-electron chi connectivity index (χ4n) is 1.33. The second kappa shape index (κ2) is 7.54. The quantitative estimate of drug-likeness (QED) is 0.679. The van der Waals surface area contributed by atoms with E-state index in [1.165, 1.54) is 12.3 Å². The van der Waals surface area contributed by atoms with Crippen LogP contribution in [0.1, 0.15) is 19.4 Å². The zero-order valence-electron chi connectivity index (χ0n) is 11.3. The molecule has 0 atom stereocenters. The highest BCUT2D eigenvalue weighted by atomic mass is 32.2. The fraction of sp³-hybridized carbons (Fsp3) is 0.583. The van der Waals surface area contributed by atoms with Crippen molar-refractivity contribution in [1.29, 1.82) is 0 Å². The number of nitrogens with zero attached hydrogens (tertiary/aromatic N) is 1. The smallest absolute Gasteiger partial charge is 0.258 e. The topological polar surface area (TPSA) is 94.3 Å². The molecular weight excluding hydrogens is 266 g/mol. The van der Waals surface area contributed by atoms with Gasteiger partial charge in [-0.1, -0.05) is 19.9 Å². The normalized spacial score (nSPS) is 12.0. The van der Waals surface area contributed by atoms with E-state index in [2.05, 4.69) is 9.71 Å². The number of nitrogens with two attached hydrogens (primary N) is 1. The van der Waals surface area contributed by atoms with Crippen molar-refractivity contribution in [2.24, 2.45) is 11.7 Å². The first-order chi connectivity index (χ1) is 8.95. The molecule has 3 N–H and O–H groups in total. The van der Waals surface area contributed by atoms with Crippen LogP contribution in [0.15, 0.2) is 23.4 Å². The van der Waals surface area contributed by atoms with Gasteiger partial charge in [0.25, 0.3) is 10.0 Å². The third kappa shape index (κ3) is 5.65. The lowest BCUT2D eigenvalue weighted by Crippen LogP contribution is -2.28. The predicted molar refractivity (Wildman–Crippen MR) is 73.0 cm³/mol. The number of sulfonamides is 1. The molecule has 1 heterocycles. The maximum atomic E-state index is 11.9. The molecule has 19 heavy (non-hydrogen) atoms. The monoisotopic (exact) mass is 287 g/mol. The zero-order valence-corrected chi connectivity index (χ0v) is 12.1. The Hall–Kier alpha value is -1.02. The van der Waals surface area contributed by atoms with E-state index in [1.54, 1.807) is 6.07 Å². The Morgan fingerprint density at radius 2 is 2.16 bits per heavy atom. The molecule has 0 aliphatic carbocycles. The molecule has 108 valence electrons. The fourth-order valence-corrected chi connectivity index (χ4v) is 2.27. The van der Waals surface area contributed by atoms with Gasteiger partial charge in [-0.25, -0.2) is 18.1 Å². The second-order valence-electron chi connectivity index (χ2n) is 4.58. The predicted octanol–water partition coefficient (Wildman–Crippen LogP) is 0.491. The highest BCUT2D eigenvalue weighted by molar-refractivity contribution is 7.89. The van der Waals surface area contributed by atoms with Crippen molar-refractivity contribution in [2.45, 2.75) is 25.4 Å². The molecule has 0 aliphatic heterocycles. The maximum Gasteiger partial charge on any atom is 0.258 e. The Morgan fingerprint density at radius 1 is 1.42 bits per heavy atom. The molecule has 0 radical (unpaired) electrons. The van der Waals surface area contributed by atoms with Crippen molar-refractivity contribution in [3.8, 4) is 0 Å². The van der Waals surface area contributed by atoms with Crippen LogP contribution in [0.3, 0.4) is 0 Å². The average molecular weight is 287 g/mol. The molecule has 7 heteroatoms. The van der Waals surface area contributed by atoms with Gasteiger partial charge in [-0.2, -0.15) is 0 Å². The Morgan fingerprint density at radius 3 is 2.68 bits per heavy atom. The molecule has 0 amide bonds. The van der Waals surface area contributed by atoms with Gasteiger partial charge < -0.3 is 10.5 Å². The first kappa shape index (κ1) is 16.0. The van der Waals surface area contributed by atoms with Gasteiger partial charge in [0.05, 0.1) is 6.61 Å². The van der Waals surface area contributed by atoms with Crippen molar-refractivity contribution in [3.05, 3.63) is 23.9 Å². The Labute approximate surface area is 114 Å². The first-order valence-corrected chi connectivity index (χ1v) is 7.66. The van der Waals surface area contributed by atoms with Gasteiger partial charge in [0.2, 0.25) is 0 Å². The summed E-state index contributed by atoms with van der Waals surface area (Å²) in [6.07, 6.45) is 1.46. The molecule has 0 saturated carbocycles. The maximum absolute atomic E-state index is 11.9.